The van der Waals surface area contributed by atoms with E-state index in [2.05, 4.69) is 9.97 Å². The minimum atomic E-state index is -4.57. The average molecular weight is 327 g/mol. The van der Waals surface area contributed by atoms with Crippen molar-refractivity contribution in [3.8, 4) is 0 Å². The highest BCUT2D eigenvalue weighted by molar-refractivity contribution is 7.25. The first-order valence-electron chi connectivity index (χ1n) is 6.54. The van der Waals surface area contributed by atoms with E-state index in [9.17, 15) is 22.8 Å². The molecule has 0 amide bonds. The lowest BCUT2D eigenvalue weighted by atomic mass is 10.0. The van der Waals surface area contributed by atoms with Gasteiger partial charge in [-0.1, -0.05) is 0 Å². The first kappa shape index (κ1) is 13.5. The number of pyridine rings is 1. The molecule has 2 N–H and O–H groups in total. The van der Waals surface area contributed by atoms with Gasteiger partial charge < -0.3 is 4.98 Å². The molecule has 5 nitrogen and oxygen atoms in total. The molecule has 22 heavy (non-hydrogen) atoms. The van der Waals surface area contributed by atoms with Crippen LogP contribution >= 0.6 is 11.3 Å². The Balaban J connectivity index is 2.31. The van der Waals surface area contributed by atoms with Crippen molar-refractivity contribution in [1.82, 2.24) is 15.0 Å². The Labute approximate surface area is 123 Å². The number of hydrogen-bond donors (Lipinski definition) is 2. The van der Waals surface area contributed by atoms with Crippen LogP contribution in [-0.2, 0) is 19.0 Å². The molecule has 0 fully saturated rings. The Bertz CT molecular complexity index is 1050. The molecule has 0 spiro atoms. The van der Waals surface area contributed by atoms with Gasteiger partial charge in [0.1, 0.15) is 9.53 Å². The molecule has 9 heteroatoms. The zero-order valence-corrected chi connectivity index (χ0v) is 11.7. The molecule has 3 aromatic heterocycles. The fourth-order valence-corrected chi connectivity index (χ4v) is 4.07. The molecule has 0 radical (unpaired) electrons. The van der Waals surface area contributed by atoms with E-state index in [4.69, 9.17) is 0 Å². The zero-order valence-electron chi connectivity index (χ0n) is 10.9. The highest BCUT2D eigenvalue weighted by Gasteiger charge is 2.39. The molecule has 0 aliphatic heterocycles. The molecule has 1 aliphatic carbocycles. The smallest absolute Gasteiger partial charge is 0.305 e. The van der Waals surface area contributed by atoms with Crippen LogP contribution in [0.5, 0.6) is 0 Å². The molecule has 114 valence electrons. The lowest BCUT2D eigenvalue weighted by Gasteiger charge is -2.13. The summed E-state index contributed by atoms with van der Waals surface area (Å²) < 4.78 is 40.8. The molecule has 0 bridgehead atoms. The van der Waals surface area contributed by atoms with E-state index < -0.39 is 23.0 Å². The molecule has 3 heterocycles. The second-order valence-corrected chi connectivity index (χ2v) is 6.16. The minimum Gasteiger partial charge on any atom is -0.305 e. The van der Waals surface area contributed by atoms with E-state index in [1.54, 1.807) is 0 Å². The van der Waals surface area contributed by atoms with Crippen LogP contribution in [0, 0.1) is 0 Å². The van der Waals surface area contributed by atoms with E-state index in [0.717, 1.165) is 11.3 Å². The van der Waals surface area contributed by atoms with Gasteiger partial charge in [-0.3, -0.25) is 9.78 Å². The van der Waals surface area contributed by atoms with Crippen LogP contribution in [-0.4, -0.2) is 15.0 Å². The molecule has 4 rings (SSSR count). The van der Waals surface area contributed by atoms with Crippen LogP contribution in [0.1, 0.15) is 23.2 Å². The Morgan fingerprint density at radius 2 is 1.91 bits per heavy atom. The number of H-pyrrole nitrogens is 2. The van der Waals surface area contributed by atoms with E-state index in [1.165, 1.54) is 0 Å². The number of fused-ring (bicyclic) bond motifs is 4. The van der Waals surface area contributed by atoms with Gasteiger partial charge in [-0.15, -0.1) is 11.3 Å². The van der Waals surface area contributed by atoms with E-state index >= 15 is 0 Å². The quantitative estimate of drug-likeness (QED) is 0.665. The van der Waals surface area contributed by atoms with Gasteiger partial charge >= 0.3 is 11.9 Å². The predicted octanol–water partition coefficient (Wildman–Crippen LogP) is 2.33. The number of rotatable bonds is 0. The van der Waals surface area contributed by atoms with Crippen molar-refractivity contribution in [2.24, 2.45) is 0 Å². The van der Waals surface area contributed by atoms with Crippen molar-refractivity contribution >= 4 is 31.8 Å². The van der Waals surface area contributed by atoms with Gasteiger partial charge in [0.15, 0.2) is 0 Å². The number of aromatic amines is 2. The molecule has 0 unspecified atom stereocenters. The van der Waals surface area contributed by atoms with Gasteiger partial charge in [-0.2, -0.15) is 13.2 Å². The third-order valence-corrected chi connectivity index (χ3v) is 4.90. The standard InChI is InChI=1S/C13H8F3N3O2S/c14-13(15,16)7-4-2-1-3-5(4)17-11-6(7)8-9(22-11)10(20)19-12(21)18-8/h1-3H2,(H2,18,19,20,21). The van der Waals surface area contributed by atoms with Crippen molar-refractivity contribution in [2.75, 3.05) is 0 Å². The lowest BCUT2D eigenvalue weighted by Crippen LogP contribution is -2.21. The second-order valence-electron chi connectivity index (χ2n) is 5.16. The van der Waals surface area contributed by atoms with Crippen LogP contribution in [0.25, 0.3) is 20.4 Å². The predicted molar refractivity (Wildman–Crippen MR) is 75.4 cm³/mol. The third-order valence-electron chi connectivity index (χ3n) is 3.82. The molecule has 0 saturated heterocycles. The van der Waals surface area contributed by atoms with Crippen molar-refractivity contribution in [3.63, 3.8) is 0 Å². The summed E-state index contributed by atoms with van der Waals surface area (Å²) in [6.45, 7) is 0. The van der Waals surface area contributed by atoms with Gasteiger partial charge in [-0.05, 0) is 24.8 Å². The number of alkyl halides is 3. The molecule has 0 aromatic carbocycles. The number of thiophene rings is 1. The van der Waals surface area contributed by atoms with Crippen LogP contribution in [0.15, 0.2) is 9.59 Å². The van der Waals surface area contributed by atoms with Crippen LogP contribution in [0.4, 0.5) is 13.2 Å². The molecular weight excluding hydrogens is 319 g/mol. The summed E-state index contributed by atoms with van der Waals surface area (Å²) in [5, 5.41) is -0.170. The summed E-state index contributed by atoms with van der Waals surface area (Å²) in [4.78, 5) is 32.0. The first-order chi connectivity index (χ1) is 10.4. The van der Waals surface area contributed by atoms with Gasteiger partial charge in [-0.25, -0.2) is 9.78 Å². The average Bonchev–Trinajstić information content (AvgIpc) is 2.99. The van der Waals surface area contributed by atoms with Gasteiger partial charge in [0.25, 0.3) is 5.56 Å². The summed E-state index contributed by atoms with van der Waals surface area (Å²) >= 11 is 0.868. The summed E-state index contributed by atoms with van der Waals surface area (Å²) in [6.07, 6.45) is -3.14. The molecule has 3 aromatic rings. The number of nitrogens with one attached hydrogen (secondary N) is 2. The van der Waals surface area contributed by atoms with Crippen molar-refractivity contribution in [1.29, 1.82) is 0 Å². The molecule has 0 saturated carbocycles. The topological polar surface area (TPSA) is 78.6 Å². The zero-order chi connectivity index (χ0) is 15.6. The van der Waals surface area contributed by atoms with E-state index in [-0.39, 0.29) is 26.0 Å². The fraction of sp³-hybridized carbons (Fsp3) is 0.308. The summed E-state index contributed by atoms with van der Waals surface area (Å²) in [5.41, 5.74) is -1.76. The van der Waals surface area contributed by atoms with Crippen LogP contribution in [0.2, 0.25) is 0 Å². The van der Waals surface area contributed by atoms with Gasteiger partial charge in [0.2, 0.25) is 0 Å². The number of nitrogens with zero attached hydrogens (tertiary/aromatic N) is 1. The maximum absolute atomic E-state index is 13.6. The molecular formula is C13H8F3N3O2S. The monoisotopic (exact) mass is 327 g/mol. The summed E-state index contributed by atoms with van der Waals surface area (Å²) in [5.74, 6) is 0. The maximum atomic E-state index is 13.6. The Morgan fingerprint density at radius 3 is 2.64 bits per heavy atom. The Hall–Kier alpha value is -2.16. The van der Waals surface area contributed by atoms with Crippen LogP contribution < -0.4 is 11.2 Å². The largest absolute Gasteiger partial charge is 0.417 e. The SMILES string of the molecule is O=c1[nH]c(=O)c2sc3nc4c(c(C(F)(F)F)c3c2[nH]1)CCC4. The Kier molecular flexibility index (Phi) is 2.57. The minimum absolute atomic E-state index is 0.0521. The van der Waals surface area contributed by atoms with Crippen molar-refractivity contribution in [3.05, 3.63) is 37.7 Å². The Morgan fingerprint density at radius 1 is 1.14 bits per heavy atom. The second kappa shape index (κ2) is 4.19. The molecule has 0 atom stereocenters. The highest BCUT2D eigenvalue weighted by Crippen LogP contribution is 2.44. The van der Waals surface area contributed by atoms with Crippen LogP contribution in [0.3, 0.4) is 0 Å². The fourth-order valence-electron chi connectivity index (χ4n) is 3.02. The number of hydrogen-bond acceptors (Lipinski definition) is 4. The molecule has 1 aliphatic rings. The summed E-state index contributed by atoms with van der Waals surface area (Å²) in [7, 11) is 0. The first-order valence-corrected chi connectivity index (χ1v) is 7.35. The number of halogens is 3. The van der Waals surface area contributed by atoms with Gasteiger partial charge in [0.05, 0.1) is 11.1 Å². The lowest BCUT2D eigenvalue weighted by molar-refractivity contribution is -0.136. The highest BCUT2D eigenvalue weighted by atomic mass is 32.1. The third kappa shape index (κ3) is 1.75. The summed E-state index contributed by atoms with van der Waals surface area (Å²) in [6, 6.07) is 0. The maximum Gasteiger partial charge on any atom is 0.417 e. The van der Waals surface area contributed by atoms with Crippen molar-refractivity contribution < 1.29 is 13.2 Å². The normalized spacial score (nSPS) is 14.9. The van der Waals surface area contributed by atoms with Crippen molar-refractivity contribution in [2.45, 2.75) is 25.4 Å². The number of aromatic nitrogens is 3. The number of aryl methyl sites for hydroxylation is 1. The van der Waals surface area contributed by atoms with E-state index in [1.807, 2.05) is 4.98 Å². The van der Waals surface area contributed by atoms with E-state index in [0.29, 0.717) is 25.0 Å². The van der Waals surface area contributed by atoms with Gasteiger partial charge in [0, 0.05) is 11.1 Å².